The number of nitrogens with zero attached hydrogens (tertiary/aromatic N) is 1. The van der Waals surface area contributed by atoms with Gasteiger partial charge in [-0.2, -0.15) is 0 Å². The van der Waals surface area contributed by atoms with Crippen LogP contribution >= 0.6 is 0 Å². The summed E-state index contributed by atoms with van der Waals surface area (Å²) in [6, 6.07) is 3.26. The van der Waals surface area contributed by atoms with Gasteiger partial charge in [0.2, 0.25) is 10.0 Å². The van der Waals surface area contributed by atoms with E-state index in [0.29, 0.717) is 6.54 Å². The van der Waals surface area contributed by atoms with Crippen molar-refractivity contribution in [1.82, 2.24) is 0 Å². The number of rotatable bonds is 2. The molecule has 1 aliphatic rings. The van der Waals surface area contributed by atoms with Crippen molar-refractivity contribution in [3.05, 3.63) is 24.0 Å². The highest BCUT2D eigenvalue weighted by Crippen LogP contribution is 2.23. The van der Waals surface area contributed by atoms with Crippen molar-refractivity contribution in [1.29, 1.82) is 0 Å². The van der Waals surface area contributed by atoms with E-state index >= 15 is 0 Å². The van der Waals surface area contributed by atoms with E-state index in [4.69, 9.17) is 5.14 Å². The highest BCUT2D eigenvalue weighted by Gasteiger charge is 2.25. The van der Waals surface area contributed by atoms with E-state index in [9.17, 15) is 17.6 Å². The minimum Gasteiger partial charge on any atom is -0.447 e. The fraction of sp³-hybridized carbons (Fsp3) is 0.222. The van der Waals surface area contributed by atoms with Gasteiger partial charge < -0.3 is 4.74 Å². The number of nitrogens with two attached hydrogens (primary N) is 1. The van der Waals surface area contributed by atoms with E-state index in [1.807, 2.05) is 0 Å². The summed E-state index contributed by atoms with van der Waals surface area (Å²) in [5.74, 6) is -0.996. The Balaban J connectivity index is 2.41. The van der Waals surface area contributed by atoms with E-state index < -0.39 is 26.8 Å². The summed E-state index contributed by atoms with van der Waals surface area (Å²) in [4.78, 5) is 11.8. The highest BCUT2D eigenvalue weighted by atomic mass is 32.2. The first-order valence-corrected chi connectivity index (χ1v) is 6.21. The van der Waals surface area contributed by atoms with Crippen LogP contribution < -0.4 is 10.0 Å². The molecule has 1 heterocycles. The Kier molecular flexibility index (Phi) is 2.76. The molecule has 0 radical (unpaired) electrons. The predicted octanol–water partition coefficient (Wildman–Crippen LogP) is 0.430. The lowest BCUT2D eigenvalue weighted by atomic mass is 10.3. The summed E-state index contributed by atoms with van der Waals surface area (Å²) in [6.07, 6.45) is -0.590. The third-order valence-corrected chi connectivity index (χ3v) is 3.24. The van der Waals surface area contributed by atoms with Gasteiger partial charge in [0.15, 0.2) is 0 Å². The van der Waals surface area contributed by atoms with Crippen LogP contribution in [0.3, 0.4) is 0 Å². The van der Waals surface area contributed by atoms with Gasteiger partial charge in [0.25, 0.3) is 0 Å². The molecule has 2 rings (SSSR count). The van der Waals surface area contributed by atoms with Crippen molar-refractivity contribution in [2.75, 3.05) is 18.1 Å². The van der Waals surface area contributed by atoms with E-state index in [0.717, 1.165) is 12.1 Å². The molecule has 1 aromatic carbocycles. The van der Waals surface area contributed by atoms with Crippen LogP contribution in [-0.2, 0) is 14.8 Å². The zero-order chi connectivity index (χ0) is 12.6. The number of sulfonamides is 1. The Labute approximate surface area is 96.8 Å². The molecule has 92 valence electrons. The number of hydrogen-bond donors (Lipinski definition) is 1. The van der Waals surface area contributed by atoms with Crippen LogP contribution in [0.1, 0.15) is 0 Å². The predicted molar refractivity (Wildman–Crippen MR) is 56.5 cm³/mol. The number of hydrogen-bond acceptors (Lipinski definition) is 4. The molecule has 2 N–H and O–H groups in total. The summed E-state index contributed by atoms with van der Waals surface area (Å²) < 4.78 is 40.1. The lowest BCUT2D eigenvalue weighted by molar-refractivity contribution is 0.181. The van der Waals surface area contributed by atoms with Gasteiger partial charge in [-0.15, -0.1) is 0 Å². The monoisotopic (exact) mass is 260 g/mol. The molecule has 0 atom stereocenters. The van der Waals surface area contributed by atoms with Crippen molar-refractivity contribution < 1.29 is 22.3 Å². The second kappa shape index (κ2) is 3.97. The minimum atomic E-state index is -4.10. The molecule has 1 amide bonds. The lowest BCUT2D eigenvalue weighted by Crippen LogP contribution is -2.23. The van der Waals surface area contributed by atoms with E-state index in [1.54, 1.807) is 0 Å². The van der Waals surface area contributed by atoms with Gasteiger partial charge >= 0.3 is 6.09 Å². The average Bonchev–Trinajstić information content (AvgIpc) is 2.62. The maximum atomic E-state index is 13.5. The molecule has 8 heteroatoms. The quantitative estimate of drug-likeness (QED) is 0.835. The Morgan fingerprint density at radius 3 is 2.59 bits per heavy atom. The van der Waals surface area contributed by atoms with Gasteiger partial charge in [-0.25, -0.2) is 22.7 Å². The second-order valence-corrected chi connectivity index (χ2v) is 4.96. The van der Waals surface area contributed by atoms with Gasteiger partial charge in [-0.1, -0.05) is 0 Å². The van der Waals surface area contributed by atoms with Gasteiger partial charge in [0.05, 0.1) is 12.2 Å². The van der Waals surface area contributed by atoms with Crippen molar-refractivity contribution in [3.8, 4) is 0 Å². The number of ether oxygens (including phenoxy) is 1. The minimum absolute atomic E-state index is 0.220. The summed E-state index contributed by atoms with van der Waals surface area (Å²) in [5.41, 5.74) is 0.234. The Morgan fingerprint density at radius 1 is 1.41 bits per heavy atom. The van der Waals surface area contributed by atoms with Crippen molar-refractivity contribution in [2.45, 2.75) is 4.90 Å². The topological polar surface area (TPSA) is 89.7 Å². The number of cyclic esters (lactones) is 1. The standard InChI is InChI=1S/C9H9FN2O4S/c10-7-5-6(12-3-4-16-9(12)13)1-2-8(7)17(11,14)15/h1-2,5H,3-4H2,(H2,11,14,15). The van der Waals surface area contributed by atoms with Crippen LogP contribution in [0.5, 0.6) is 0 Å². The first kappa shape index (κ1) is 11.8. The molecule has 0 spiro atoms. The first-order valence-electron chi connectivity index (χ1n) is 4.66. The molecule has 1 aliphatic heterocycles. The Bertz CT molecular complexity index is 572. The average molecular weight is 260 g/mol. The van der Waals surface area contributed by atoms with Crippen LogP contribution in [0, 0.1) is 5.82 Å². The van der Waals surface area contributed by atoms with Crippen LogP contribution in [-0.4, -0.2) is 27.7 Å². The molecule has 0 aliphatic carbocycles. The molecular weight excluding hydrogens is 251 g/mol. The molecule has 17 heavy (non-hydrogen) atoms. The number of amides is 1. The number of primary sulfonamides is 1. The highest BCUT2D eigenvalue weighted by molar-refractivity contribution is 7.89. The number of carbonyl (C=O) groups is 1. The number of carbonyl (C=O) groups excluding carboxylic acids is 1. The van der Waals surface area contributed by atoms with Crippen LogP contribution in [0.15, 0.2) is 23.1 Å². The zero-order valence-corrected chi connectivity index (χ0v) is 9.41. The van der Waals surface area contributed by atoms with E-state index in [2.05, 4.69) is 4.74 Å². The normalized spacial score (nSPS) is 16.1. The van der Waals surface area contributed by atoms with E-state index in [1.165, 1.54) is 11.0 Å². The molecule has 6 nitrogen and oxygen atoms in total. The molecule has 0 saturated carbocycles. The van der Waals surface area contributed by atoms with Crippen LogP contribution in [0.25, 0.3) is 0 Å². The summed E-state index contributed by atoms with van der Waals surface area (Å²) in [5, 5.41) is 4.82. The molecule has 1 saturated heterocycles. The van der Waals surface area contributed by atoms with Crippen molar-refractivity contribution in [2.24, 2.45) is 5.14 Å². The lowest BCUT2D eigenvalue weighted by Gasteiger charge is -2.13. The molecule has 1 fully saturated rings. The Morgan fingerprint density at radius 2 is 2.12 bits per heavy atom. The van der Waals surface area contributed by atoms with Gasteiger partial charge in [-0.05, 0) is 18.2 Å². The zero-order valence-electron chi connectivity index (χ0n) is 8.59. The van der Waals surface area contributed by atoms with E-state index in [-0.39, 0.29) is 12.3 Å². The van der Waals surface area contributed by atoms with Gasteiger partial charge in [0, 0.05) is 0 Å². The summed E-state index contributed by atoms with van der Waals surface area (Å²) in [6.45, 7) is 0.518. The maximum absolute atomic E-state index is 13.5. The summed E-state index contributed by atoms with van der Waals surface area (Å²) in [7, 11) is -4.10. The SMILES string of the molecule is NS(=O)(=O)c1ccc(N2CCOC2=O)cc1F. The van der Waals surface area contributed by atoms with Crippen LogP contribution in [0.2, 0.25) is 0 Å². The fourth-order valence-corrected chi connectivity index (χ4v) is 2.10. The third kappa shape index (κ3) is 2.22. The van der Waals surface area contributed by atoms with Crippen molar-refractivity contribution >= 4 is 21.8 Å². The van der Waals surface area contributed by atoms with Gasteiger partial charge in [0.1, 0.15) is 17.3 Å². The molecular formula is C9H9FN2O4S. The maximum Gasteiger partial charge on any atom is 0.414 e. The number of anilines is 1. The molecule has 1 aromatic rings. The first-order chi connectivity index (χ1) is 7.89. The second-order valence-electron chi connectivity index (χ2n) is 3.43. The van der Waals surface area contributed by atoms with Gasteiger partial charge in [-0.3, -0.25) is 4.90 Å². The largest absolute Gasteiger partial charge is 0.447 e. The van der Waals surface area contributed by atoms with Crippen molar-refractivity contribution in [3.63, 3.8) is 0 Å². The van der Waals surface area contributed by atoms with Crippen LogP contribution in [0.4, 0.5) is 14.9 Å². The number of benzene rings is 1. The summed E-state index contributed by atoms with van der Waals surface area (Å²) >= 11 is 0. The molecule has 0 bridgehead atoms. The Hall–Kier alpha value is -1.67. The fourth-order valence-electron chi connectivity index (χ4n) is 1.52. The number of halogens is 1. The molecule has 0 aromatic heterocycles. The molecule has 0 unspecified atom stereocenters. The third-order valence-electron chi connectivity index (χ3n) is 2.29. The smallest absolute Gasteiger partial charge is 0.414 e.